The van der Waals surface area contributed by atoms with Crippen LogP contribution in [0.3, 0.4) is 0 Å². The summed E-state index contributed by atoms with van der Waals surface area (Å²) in [6, 6.07) is 10.3. The SMILES string of the molecule is O=S1(=O)C[C@@H]2N=C(SCc3ccc(Br)cc3)N(c3ccc(F)cc3F)[C@@H]2C1. The lowest BCUT2D eigenvalue weighted by Crippen LogP contribution is -2.39. The lowest BCUT2D eigenvalue weighted by atomic mass is 10.1. The van der Waals surface area contributed by atoms with Gasteiger partial charge in [-0.05, 0) is 29.8 Å². The molecule has 2 aliphatic rings. The van der Waals surface area contributed by atoms with Crippen LogP contribution >= 0.6 is 27.7 Å². The average Bonchev–Trinajstić information content (AvgIpc) is 3.06. The van der Waals surface area contributed by atoms with Crippen molar-refractivity contribution in [3.05, 3.63) is 64.1 Å². The standard InChI is InChI=1S/C18H15BrF2N2O2S2/c19-12-3-1-11(2-4-12)8-26-18-22-15-9-27(24,25)10-17(15)23(18)16-6-5-13(20)7-14(16)21/h1-7,15,17H,8-10H2/t15-,17+/m0/s1. The number of aliphatic imine (C=N–C) groups is 1. The molecule has 4 rings (SSSR count). The van der Waals surface area contributed by atoms with Crippen LogP contribution in [0, 0.1) is 11.6 Å². The molecular formula is C18H15BrF2N2O2S2. The maximum Gasteiger partial charge on any atom is 0.164 e. The Morgan fingerprint density at radius 2 is 1.89 bits per heavy atom. The third-order valence-electron chi connectivity index (χ3n) is 4.56. The molecule has 0 spiro atoms. The van der Waals surface area contributed by atoms with Crippen molar-refractivity contribution in [1.29, 1.82) is 0 Å². The molecule has 27 heavy (non-hydrogen) atoms. The van der Waals surface area contributed by atoms with E-state index in [2.05, 4.69) is 20.9 Å². The molecule has 0 amide bonds. The second kappa shape index (κ2) is 7.18. The van der Waals surface area contributed by atoms with Gasteiger partial charge in [0.15, 0.2) is 15.0 Å². The second-order valence-electron chi connectivity index (χ2n) is 6.50. The van der Waals surface area contributed by atoms with Crippen molar-refractivity contribution in [2.45, 2.75) is 17.8 Å². The number of nitrogens with zero attached hydrogens (tertiary/aromatic N) is 2. The van der Waals surface area contributed by atoms with E-state index in [-0.39, 0.29) is 17.2 Å². The molecule has 0 unspecified atom stereocenters. The van der Waals surface area contributed by atoms with Crippen molar-refractivity contribution < 1.29 is 17.2 Å². The number of amidine groups is 1. The molecule has 2 aliphatic heterocycles. The summed E-state index contributed by atoms with van der Waals surface area (Å²) in [5.74, 6) is -0.916. The van der Waals surface area contributed by atoms with Crippen LogP contribution in [0.5, 0.6) is 0 Å². The van der Waals surface area contributed by atoms with Crippen LogP contribution in [0.1, 0.15) is 5.56 Å². The summed E-state index contributed by atoms with van der Waals surface area (Å²) in [6.45, 7) is 0. The van der Waals surface area contributed by atoms with Crippen molar-refractivity contribution in [2.75, 3.05) is 16.4 Å². The molecule has 142 valence electrons. The fraction of sp³-hybridized carbons (Fsp3) is 0.278. The lowest BCUT2D eigenvalue weighted by molar-refractivity contribution is 0.577. The van der Waals surface area contributed by atoms with E-state index < -0.39 is 33.6 Å². The first-order valence-electron chi connectivity index (χ1n) is 8.22. The first-order valence-corrected chi connectivity index (χ1v) is 11.8. The van der Waals surface area contributed by atoms with Crippen LogP contribution in [0.4, 0.5) is 14.5 Å². The van der Waals surface area contributed by atoms with E-state index in [1.165, 1.54) is 23.9 Å². The van der Waals surface area contributed by atoms with Gasteiger partial charge in [-0.25, -0.2) is 17.2 Å². The molecule has 1 saturated heterocycles. The molecular weight excluding hydrogens is 458 g/mol. The number of hydrogen-bond acceptors (Lipinski definition) is 5. The zero-order chi connectivity index (χ0) is 19.2. The molecule has 0 saturated carbocycles. The largest absolute Gasteiger partial charge is 0.312 e. The molecule has 0 radical (unpaired) electrons. The van der Waals surface area contributed by atoms with Crippen LogP contribution in [0.2, 0.25) is 0 Å². The highest BCUT2D eigenvalue weighted by Gasteiger charge is 2.47. The Hall–Kier alpha value is -1.45. The van der Waals surface area contributed by atoms with Crippen molar-refractivity contribution in [3.8, 4) is 0 Å². The van der Waals surface area contributed by atoms with E-state index in [0.717, 1.165) is 16.1 Å². The Labute approximate surface area is 168 Å². The average molecular weight is 473 g/mol. The molecule has 4 nitrogen and oxygen atoms in total. The molecule has 1 fully saturated rings. The first kappa shape index (κ1) is 18.9. The van der Waals surface area contributed by atoms with Crippen LogP contribution in [-0.2, 0) is 15.6 Å². The highest BCUT2D eigenvalue weighted by molar-refractivity contribution is 9.10. The quantitative estimate of drug-likeness (QED) is 0.677. The number of anilines is 1. The predicted molar refractivity (Wildman–Crippen MR) is 108 cm³/mol. The van der Waals surface area contributed by atoms with Crippen LogP contribution in [-0.4, -0.2) is 37.2 Å². The summed E-state index contributed by atoms with van der Waals surface area (Å²) in [7, 11) is -3.22. The summed E-state index contributed by atoms with van der Waals surface area (Å²) < 4.78 is 52.8. The fourth-order valence-electron chi connectivity index (χ4n) is 3.32. The Morgan fingerprint density at radius 1 is 1.15 bits per heavy atom. The third kappa shape index (κ3) is 3.90. The highest BCUT2D eigenvalue weighted by Crippen LogP contribution is 2.37. The van der Waals surface area contributed by atoms with E-state index in [9.17, 15) is 17.2 Å². The molecule has 9 heteroatoms. The van der Waals surface area contributed by atoms with Gasteiger partial charge in [-0.2, -0.15) is 0 Å². The summed E-state index contributed by atoms with van der Waals surface area (Å²) in [4.78, 5) is 6.17. The van der Waals surface area contributed by atoms with Gasteiger partial charge in [0.2, 0.25) is 0 Å². The Bertz CT molecular complexity index is 1010. The fourth-order valence-corrected chi connectivity index (χ4v) is 6.50. The number of rotatable bonds is 3. The smallest absolute Gasteiger partial charge is 0.164 e. The van der Waals surface area contributed by atoms with E-state index in [4.69, 9.17) is 0 Å². The molecule has 2 aromatic carbocycles. The molecule has 0 N–H and O–H groups in total. The van der Waals surface area contributed by atoms with Gasteiger partial charge in [0.1, 0.15) is 11.6 Å². The molecule has 2 atom stereocenters. The van der Waals surface area contributed by atoms with Gasteiger partial charge in [0.25, 0.3) is 0 Å². The van der Waals surface area contributed by atoms with Gasteiger partial charge < -0.3 is 4.90 Å². The van der Waals surface area contributed by atoms with Gasteiger partial charge >= 0.3 is 0 Å². The normalized spacial score (nSPS) is 23.4. The maximum atomic E-state index is 14.4. The number of hydrogen-bond donors (Lipinski definition) is 0. The van der Waals surface area contributed by atoms with Gasteiger partial charge in [0, 0.05) is 16.3 Å². The van der Waals surface area contributed by atoms with Crippen LogP contribution in [0.25, 0.3) is 0 Å². The van der Waals surface area contributed by atoms with E-state index in [1.54, 1.807) is 4.90 Å². The second-order valence-corrected chi connectivity index (χ2v) is 10.5. The minimum absolute atomic E-state index is 0.0423. The number of benzene rings is 2. The van der Waals surface area contributed by atoms with Crippen molar-refractivity contribution in [1.82, 2.24) is 0 Å². The van der Waals surface area contributed by atoms with Gasteiger partial charge in [-0.1, -0.05) is 39.8 Å². The highest BCUT2D eigenvalue weighted by atomic mass is 79.9. The molecule has 2 heterocycles. The third-order valence-corrected chi connectivity index (χ3v) is 7.82. The minimum atomic E-state index is -3.22. The molecule has 0 aliphatic carbocycles. The van der Waals surface area contributed by atoms with E-state index in [0.29, 0.717) is 10.9 Å². The summed E-state index contributed by atoms with van der Waals surface area (Å²) >= 11 is 4.81. The number of thioether (sulfide) groups is 1. The van der Waals surface area contributed by atoms with Crippen LogP contribution in [0.15, 0.2) is 51.9 Å². The summed E-state index contributed by atoms with van der Waals surface area (Å²) in [5, 5.41) is 0.563. The van der Waals surface area contributed by atoms with Crippen molar-refractivity contribution in [2.24, 2.45) is 4.99 Å². The topological polar surface area (TPSA) is 49.7 Å². The summed E-state index contributed by atoms with van der Waals surface area (Å²) in [5.41, 5.74) is 1.22. The lowest BCUT2D eigenvalue weighted by Gasteiger charge is -2.26. The monoisotopic (exact) mass is 472 g/mol. The molecule has 2 aromatic rings. The first-order chi connectivity index (χ1) is 12.8. The van der Waals surface area contributed by atoms with E-state index in [1.807, 2.05) is 24.3 Å². The number of sulfone groups is 1. The predicted octanol–water partition coefficient (Wildman–Crippen LogP) is 4.00. The zero-order valence-electron chi connectivity index (χ0n) is 14.0. The van der Waals surface area contributed by atoms with Gasteiger partial charge in [-0.3, -0.25) is 4.99 Å². The number of fused-ring (bicyclic) bond motifs is 1. The number of halogens is 3. The van der Waals surface area contributed by atoms with Crippen LogP contribution < -0.4 is 4.90 Å². The zero-order valence-corrected chi connectivity index (χ0v) is 17.2. The van der Waals surface area contributed by atoms with Crippen molar-refractivity contribution >= 4 is 48.4 Å². The van der Waals surface area contributed by atoms with E-state index >= 15 is 0 Å². The van der Waals surface area contributed by atoms with Gasteiger partial charge in [-0.15, -0.1) is 0 Å². The summed E-state index contributed by atoms with van der Waals surface area (Å²) in [6.07, 6.45) is 0. The minimum Gasteiger partial charge on any atom is -0.312 e. The maximum absolute atomic E-state index is 14.4. The van der Waals surface area contributed by atoms with Gasteiger partial charge in [0.05, 0.1) is 29.3 Å². The Balaban J connectivity index is 1.64. The molecule has 0 bridgehead atoms. The van der Waals surface area contributed by atoms with Crippen molar-refractivity contribution in [3.63, 3.8) is 0 Å². The Kier molecular flexibility index (Phi) is 5.02. The Morgan fingerprint density at radius 3 is 2.59 bits per heavy atom. The molecule has 0 aromatic heterocycles.